The number of hydrogen-bond donors (Lipinski definition) is 0. The fraction of sp³-hybridized carbons (Fsp3) is 0.455. The molecule has 0 N–H and O–H groups in total. The first-order valence-electron chi connectivity index (χ1n) is 9.43. The van der Waals surface area contributed by atoms with E-state index in [1.54, 1.807) is 0 Å². The van der Waals surface area contributed by atoms with Crippen LogP contribution in [0.5, 0.6) is 0 Å². The Bertz CT molecular complexity index is 695. The molecule has 0 saturated carbocycles. The van der Waals surface area contributed by atoms with E-state index in [2.05, 4.69) is 60.3 Å². The molecule has 0 radical (unpaired) electrons. The molecule has 2 aromatic rings. The van der Waals surface area contributed by atoms with Crippen LogP contribution in [0.2, 0.25) is 10.0 Å². The highest BCUT2D eigenvalue weighted by atomic mass is 35.5. The highest BCUT2D eigenvalue weighted by molar-refractivity contribution is 6.42. The van der Waals surface area contributed by atoms with Gasteiger partial charge in [0.15, 0.2) is 0 Å². The van der Waals surface area contributed by atoms with Crippen molar-refractivity contribution >= 4 is 23.2 Å². The first-order valence-corrected chi connectivity index (χ1v) is 10.2. The lowest BCUT2D eigenvalue weighted by Crippen LogP contribution is -2.37. The monoisotopic (exact) mass is 390 g/mol. The quantitative estimate of drug-likeness (QED) is 0.608. The van der Waals surface area contributed by atoms with E-state index in [1.165, 1.54) is 24.0 Å². The lowest BCUT2D eigenvalue weighted by atomic mass is 9.88. The Kier molecular flexibility index (Phi) is 6.99. The lowest BCUT2D eigenvalue weighted by molar-refractivity contribution is 0.137. The van der Waals surface area contributed by atoms with Crippen LogP contribution in [0.25, 0.3) is 0 Å². The van der Waals surface area contributed by atoms with E-state index in [-0.39, 0.29) is 0 Å². The molecule has 0 amide bonds. The SMILES string of the molecule is CN(C)CCC(c1ccc(Cl)c(Cl)c1)N1CCC(c2ccccc2)CC1. The zero-order valence-corrected chi connectivity index (χ0v) is 17.2. The fourth-order valence-corrected chi connectivity index (χ4v) is 4.24. The van der Waals surface area contributed by atoms with Crippen LogP contribution < -0.4 is 0 Å². The predicted molar refractivity (Wildman–Crippen MR) is 112 cm³/mol. The molecular weight excluding hydrogens is 363 g/mol. The summed E-state index contributed by atoms with van der Waals surface area (Å²) >= 11 is 12.4. The van der Waals surface area contributed by atoms with Gasteiger partial charge in [-0.15, -0.1) is 0 Å². The van der Waals surface area contributed by atoms with E-state index in [0.29, 0.717) is 22.0 Å². The number of likely N-dealkylation sites (tertiary alicyclic amines) is 1. The Morgan fingerprint density at radius 2 is 1.69 bits per heavy atom. The van der Waals surface area contributed by atoms with Crippen LogP contribution in [-0.2, 0) is 0 Å². The second-order valence-corrected chi connectivity index (χ2v) is 8.32. The Balaban J connectivity index is 1.72. The summed E-state index contributed by atoms with van der Waals surface area (Å²) in [5.74, 6) is 0.677. The summed E-state index contributed by atoms with van der Waals surface area (Å²) < 4.78 is 0. The van der Waals surface area contributed by atoms with Crippen LogP contribution in [-0.4, -0.2) is 43.5 Å². The fourth-order valence-electron chi connectivity index (χ4n) is 3.93. The number of rotatable bonds is 6. The number of halogens is 2. The van der Waals surface area contributed by atoms with Crippen molar-refractivity contribution in [1.82, 2.24) is 9.80 Å². The summed E-state index contributed by atoms with van der Waals surface area (Å²) in [5, 5.41) is 1.28. The van der Waals surface area contributed by atoms with Gasteiger partial charge in [0.2, 0.25) is 0 Å². The van der Waals surface area contributed by atoms with Crippen molar-refractivity contribution in [3.05, 3.63) is 69.7 Å². The Labute approximate surface area is 167 Å². The summed E-state index contributed by atoms with van der Waals surface area (Å²) in [7, 11) is 4.26. The molecular formula is C22H28Cl2N2. The molecule has 1 saturated heterocycles. The molecule has 1 atom stereocenters. The van der Waals surface area contributed by atoms with Crippen LogP contribution in [0.4, 0.5) is 0 Å². The van der Waals surface area contributed by atoms with Crippen molar-refractivity contribution in [3.63, 3.8) is 0 Å². The number of benzene rings is 2. The molecule has 4 heteroatoms. The van der Waals surface area contributed by atoms with Crippen molar-refractivity contribution < 1.29 is 0 Å². The molecule has 1 unspecified atom stereocenters. The van der Waals surface area contributed by atoms with E-state index in [9.17, 15) is 0 Å². The maximum Gasteiger partial charge on any atom is 0.0595 e. The van der Waals surface area contributed by atoms with Gasteiger partial charge in [-0.1, -0.05) is 59.6 Å². The first kappa shape index (κ1) is 19.7. The predicted octanol–water partition coefficient (Wildman–Crippen LogP) is 5.87. The molecule has 1 aliphatic heterocycles. The molecule has 1 aliphatic rings. The van der Waals surface area contributed by atoms with E-state index < -0.39 is 0 Å². The van der Waals surface area contributed by atoms with Gasteiger partial charge in [-0.2, -0.15) is 0 Å². The maximum atomic E-state index is 6.30. The third-order valence-corrected chi connectivity index (χ3v) is 6.16. The molecule has 1 heterocycles. The van der Waals surface area contributed by atoms with Gasteiger partial charge in [0.05, 0.1) is 10.0 Å². The molecule has 140 valence electrons. The molecule has 0 bridgehead atoms. The van der Waals surface area contributed by atoms with Crippen LogP contribution in [0, 0.1) is 0 Å². The van der Waals surface area contributed by atoms with Crippen molar-refractivity contribution in [1.29, 1.82) is 0 Å². The molecule has 2 nitrogen and oxygen atoms in total. The largest absolute Gasteiger partial charge is 0.309 e. The lowest BCUT2D eigenvalue weighted by Gasteiger charge is -2.38. The van der Waals surface area contributed by atoms with Gasteiger partial charge in [-0.3, -0.25) is 4.90 Å². The van der Waals surface area contributed by atoms with Gasteiger partial charge >= 0.3 is 0 Å². The standard InChI is InChI=1S/C22H28Cl2N2/c1-25(2)13-12-22(19-8-9-20(23)21(24)16-19)26-14-10-18(11-15-26)17-6-4-3-5-7-17/h3-9,16,18,22H,10-15H2,1-2H3. The Hall–Kier alpha value is -1.06. The number of hydrogen-bond acceptors (Lipinski definition) is 2. The summed E-state index contributed by atoms with van der Waals surface area (Å²) in [6.07, 6.45) is 3.52. The van der Waals surface area contributed by atoms with Crippen molar-refractivity contribution in [2.24, 2.45) is 0 Å². The van der Waals surface area contributed by atoms with E-state index in [1.807, 2.05) is 12.1 Å². The second kappa shape index (κ2) is 9.23. The maximum absolute atomic E-state index is 6.30. The third kappa shape index (κ3) is 5.01. The van der Waals surface area contributed by atoms with E-state index in [0.717, 1.165) is 26.1 Å². The average molecular weight is 391 g/mol. The van der Waals surface area contributed by atoms with Gasteiger partial charge in [0.25, 0.3) is 0 Å². The first-order chi connectivity index (χ1) is 12.5. The zero-order valence-electron chi connectivity index (χ0n) is 15.7. The topological polar surface area (TPSA) is 6.48 Å². The molecule has 0 aliphatic carbocycles. The van der Waals surface area contributed by atoms with Crippen LogP contribution in [0.1, 0.15) is 42.3 Å². The van der Waals surface area contributed by atoms with Gasteiger partial charge in [0.1, 0.15) is 0 Å². The minimum atomic E-state index is 0.392. The van der Waals surface area contributed by atoms with Crippen LogP contribution in [0.15, 0.2) is 48.5 Å². The molecule has 1 fully saturated rings. The molecule has 0 aromatic heterocycles. The third-order valence-electron chi connectivity index (χ3n) is 5.42. The number of nitrogens with zero attached hydrogens (tertiary/aromatic N) is 2. The molecule has 2 aromatic carbocycles. The Morgan fingerprint density at radius 3 is 2.31 bits per heavy atom. The van der Waals surface area contributed by atoms with E-state index in [4.69, 9.17) is 23.2 Å². The van der Waals surface area contributed by atoms with Gasteiger partial charge < -0.3 is 4.90 Å². The number of piperidine rings is 1. The average Bonchev–Trinajstić information content (AvgIpc) is 2.66. The Morgan fingerprint density at radius 1 is 1.00 bits per heavy atom. The highest BCUT2D eigenvalue weighted by Crippen LogP contribution is 2.35. The second-order valence-electron chi connectivity index (χ2n) is 7.50. The summed E-state index contributed by atoms with van der Waals surface area (Å²) in [6.45, 7) is 3.30. The summed E-state index contributed by atoms with van der Waals surface area (Å²) in [4.78, 5) is 4.88. The smallest absolute Gasteiger partial charge is 0.0595 e. The summed E-state index contributed by atoms with van der Waals surface area (Å²) in [5.41, 5.74) is 2.76. The van der Waals surface area contributed by atoms with Gasteiger partial charge in [-0.05, 0) is 82.2 Å². The normalized spacial score (nSPS) is 17.6. The van der Waals surface area contributed by atoms with E-state index >= 15 is 0 Å². The zero-order chi connectivity index (χ0) is 18.5. The highest BCUT2D eigenvalue weighted by Gasteiger charge is 2.27. The van der Waals surface area contributed by atoms with Crippen molar-refractivity contribution in [2.45, 2.75) is 31.2 Å². The molecule has 26 heavy (non-hydrogen) atoms. The van der Waals surface area contributed by atoms with Crippen LogP contribution in [0.3, 0.4) is 0 Å². The molecule has 0 spiro atoms. The van der Waals surface area contributed by atoms with Crippen molar-refractivity contribution in [3.8, 4) is 0 Å². The summed E-state index contributed by atoms with van der Waals surface area (Å²) in [6, 6.07) is 17.4. The molecule has 3 rings (SSSR count). The minimum absolute atomic E-state index is 0.392. The minimum Gasteiger partial charge on any atom is -0.309 e. The van der Waals surface area contributed by atoms with Crippen LogP contribution >= 0.6 is 23.2 Å². The van der Waals surface area contributed by atoms with Gasteiger partial charge in [0, 0.05) is 6.04 Å². The van der Waals surface area contributed by atoms with Gasteiger partial charge in [-0.25, -0.2) is 0 Å². The van der Waals surface area contributed by atoms with Crippen molar-refractivity contribution in [2.75, 3.05) is 33.7 Å².